The van der Waals surface area contributed by atoms with E-state index >= 15 is 0 Å². The average molecular weight is 189 g/mol. The monoisotopic (exact) mass is 189 g/mol. The van der Waals surface area contributed by atoms with Gasteiger partial charge in [0.15, 0.2) is 6.26 Å². The minimum Gasteiger partial charge on any atom is -0.378 e. The zero-order valence-corrected chi connectivity index (χ0v) is 8.14. The first-order valence-electron chi connectivity index (χ1n) is 4.32. The van der Waals surface area contributed by atoms with Crippen LogP contribution in [0.4, 0.5) is 5.69 Å². The standard InChI is InChI=1S/C10H11N3O/c1-13(2)9-5-3-8(4-6-9)10-7-14-12-11-10/h3-7H,1-2H3. The van der Waals surface area contributed by atoms with E-state index in [1.165, 1.54) is 6.26 Å². The van der Waals surface area contributed by atoms with E-state index in [1.54, 1.807) is 0 Å². The van der Waals surface area contributed by atoms with Crippen molar-refractivity contribution in [2.45, 2.75) is 0 Å². The minimum absolute atomic E-state index is 0.760. The van der Waals surface area contributed by atoms with Gasteiger partial charge in [0.2, 0.25) is 0 Å². The Bertz CT molecular complexity index is 392. The van der Waals surface area contributed by atoms with Crippen LogP contribution in [0.5, 0.6) is 0 Å². The van der Waals surface area contributed by atoms with Gasteiger partial charge >= 0.3 is 0 Å². The molecule has 0 spiro atoms. The van der Waals surface area contributed by atoms with Crippen LogP contribution in [0.15, 0.2) is 35.1 Å². The highest BCUT2D eigenvalue weighted by Gasteiger charge is 2.01. The Labute approximate surface area is 82.1 Å². The van der Waals surface area contributed by atoms with Crippen molar-refractivity contribution in [3.05, 3.63) is 30.5 Å². The van der Waals surface area contributed by atoms with E-state index in [-0.39, 0.29) is 0 Å². The fourth-order valence-electron chi connectivity index (χ4n) is 1.22. The second-order valence-corrected chi connectivity index (χ2v) is 3.23. The van der Waals surface area contributed by atoms with Crippen molar-refractivity contribution in [1.82, 2.24) is 10.4 Å². The Kier molecular flexibility index (Phi) is 2.18. The molecule has 0 unspecified atom stereocenters. The Morgan fingerprint density at radius 2 is 1.86 bits per heavy atom. The highest BCUT2D eigenvalue weighted by molar-refractivity contribution is 5.61. The molecule has 4 nitrogen and oxygen atoms in total. The van der Waals surface area contributed by atoms with Gasteiger partial charge in [0, 0.05) is 30.6 Å². The van der Waals surface area contributed by atoms with Crippen LogP contribution in [-0.4, -0.2) is 24.5 Å². The van der Waals surface area contributed by atoms with Crippen molar-refractivity contribution < 1.29 is 4.52 Å². The lowest BCUT2D eigenvalue weighted by molar-refractivity contribution is 0.393. The maximum absolute atomic E-state index is 4.68. The lowest BCUT2D eigenvalue weighted by Gasteiger charge is -2.11. The predicted molar refractivity (Wildman–Crippen MR) is 54.1 cm³/mol. The summed E-state index contributed by atoms with van der Waals surface area (Å²) in [4.78, 5) is 2.05. The van der Waals surface area contributed by atoms with Gasteiger partial charge in [-0.3, -0.25) is 0 Å². The van der Waals surface area contributed by atoms with E-state index in [0.717, 1.165) is 16.9 Å². The summed E-state index contributed by atoms with van der Waals surface area (Å²) in [6.07, 6.45) is 1.53. The summed E-state index contributed by atoms with van der Waals surface area (Å²) < 4.78 is 4.68. The molecule has 2 rings (SSSR count). The van der Waals surface area contributed by atoms with Crippen LogP contribution in [-0.2, 0) is 0 Å². The maximum Gasteiger partial charge on any atom is 0.152 e. The Hall–Kier alpha value is -1.84. The van der Waals surface area contributed by atoms with Gasteiger partial charge in [0.05, 0.1) is 0 Å². The lowest BCUT2D eigenvalue weighted by atomic mass is 10.1. The topological polar surface area (TPSA) is 42.2 Å². The van der Waals surface area contributed by atoms with Crippen molar-refractivity contribution in [1.29, 1.82) is 0 Å². The Balaban J connectivity index is 2.31. The van der Waals surface area contributed by atoms with E-state index < -0.39 is 0 Å². The van der Waals surface area contributed by atoms with E-state index in [4.69, 9.17) is 0 Å². The zero-order chi connectivity index (χ0) is 9.97. The van der Waals surface area contributed by atoms with Gasteiger partial charge in [-0.25, -0.2) is 0 Å². The average Bonchev–Trinajstić information content (AvgIpc) is 2.71. The number of benzene rings is 1. The van der Waals surface area contributed by atoms with Crippen LogP contribution in [0.1, 0.15) is 0 Å². The number of rotatable bonds is 2. The summed E-state index contributed by atoms with van der Waals surface area (Å²) in [6.45, 7) is 0. The third kappa shape index (κ3) is 1.59. The third-order valence-corrected chi connectivity index (χ3v) is 2.04. The van der Waals surface area contributed by atoms with Crippen LogP contribution in [0.25, 0.3) is 11.3 Å². The summed E-state index contributed by atoms with van der Waals surface area (Å²) in [5.41, 5.74) is 2.93. The Morgan fingerprint density at radius 3 is 2.36 bits per heavy atom. The van der Waals surface area contributed by atoms with Crippen LogP contribution < -0.4 is 4.90 Å². The molecule has 14 heavy (non-hydrogen) atoms. The molecule has 0 N–H and O–H groups in total. The highest BCUT2D eigenvalue weighted by atomic mass is 16.5. The summed E-state index contributed by atoms with van der Waals surface area (Å²) in [7, 11) is 4.01. The molecule has 0 radical (unpaired) electrons. The normalized spacial score (nSPS) is 10.1. The van der Waals surface area contributed by atoms with Gasteiger partial charge < -0.3 is 9.42 Å². The fourth-order valence-corrected chi connectivity index (χ4v) is 1.22. The smallest absolute Gasteiger partial charge is 0.152 e. The summed E-state index contributed by atoms with van der Waals surface area (Å²) in [5, 5.41) is 7.25. The van der Waals surface area contributed by atoms with Gasteiger partial charge in [-0.05, 0) is 12.1 Å². The van der Waals surface area contributed by atoms with Crippen LogP contribution in [0.3, 0.4) is 0 Å². The molecule has 0 amide bonds. The SMILES string of the molecule is CN(C)c1ccc(-c2conn2)cc1. The molecule has 0 aliphatic carbocycles. The van der Waals surface area contributed by atoms with Crippen molar-refractivity contribution in [2.24, 2.45) is 0 Å². The van der Waals surface area contributed by atoms with E-state index in [1.807, 2.05) is 43.3 Å². The first-order valence-corrected chi connectivity index (χ1v) is 4.32. The molecule has 2 aromatic rings. The van der Waals surface area contributed by atoms with Gasteiger partial charge in [-0.2, -0.15) is 0 Å². The first kappa shape index (κ1) is 8.74. The number of anilines is 1. The van der Waals surface area contributed by atoms with Gasteiger partial charge in [-0.15, -0.1) is 5.10 Å². The fraction of sp³-hybridized carbons (Fsp3) is 0.200. The first-order chi connectivity index (χ1) is 6.77. The molecule has 0 bridgehead atoms. The van der Waals surface area contributed by atoms with Crippen LogP contribution in [0, 0.1) is 0 Å². The number of nitrogens with zero attached hydrogens (tertiary/aromatic N) is 3. The predicted octanol–water partition coefficient (Wildman–Crippen LogP) is 1.80. The molecular formula is C10H11N3O. The molecule has 0 saturated carbocycles. The lowest BCUT2D eigenvalue weighted by Crippen LogP contribution is -2.07. The third-order valence-electron chi connectivity index (χ3n) is 2.04. The molecule has 0 atom stereocenters. The van der Waals surface area contributed by atoms with Crippen LogP contribution >= 0.6 is 0 Å². The van der Waals surface area contributed by atoms with E-state index in [9.17, 15) is 0 Å². The molecule has 0 fully saturated rings. The maximum atomic E-state index is 4.68. The quantitative estimate of drug-likeness (QED) is 0.722. The summed E-state index contributed by atoms with van der Waals surface area (Å²) in [6, 6.07) is 8.05. The molecule has 4 heteroatoms. The van der Waals surface area contributed by atoms with Crippen molar-refractivity contribution in [3.63, 3.8) is 0 Å². The summed E-state index contributed by atoms with van der Waals surface area (Å²) in [5.74, 6) is 0. The van der Waals surface area contributed by atoms with Gasteiger partial charge in [0.25, 0.3) is 0 Å². The molecule has 1 aromatic heterocycles. The molecule has 0 aliphatic rings. The van der Waals surface area contributed by atoms with Crippen molar-refractivity contribution in [2.75, 3.05) is 19.0 Å². The molecular weight excluding hydrogens is 178 g/mol. The molecule has 1 aromatic carbocycles. The molecule has 1 heterocycles. The second kappa shape index (κ2) is 3.49. The molecule has 72 valence electrons. The Morgan fingerprint density at radius 1 is 1.14 bits per heavy atom. The summed E-state index contributed by atoms with van der Waals surface area (Å²) >= 11 is 0. The van der Waals surface area contributed by atoms with E-state index in [2.05, 4.69) is 14.9 Å². The number of hydrogen-bond donors (Lipinski definition) is 0. The van der Waals surface area contributed by atoms with Gasteiger partial charge in [-0.1, -0.05) is 12.1 Å². The van der Waals surface area contributed by atoms with Gasteiger partial charge in [0.1, 0.15) is 5.69 Å². The van der Waals surface area contributed by atoms with E-state index in [0.29, 0.717) is 0 Å². The number of hydrogen-bond acceptors (Lipinski definition) is 4. The van der Waals surface area contributed by atoms with Crippen molar-refractivity contribution >= 4 is 5.69 Å². The largest absolute Gasteiger partial charge is 0.378 e. The molecule has 0 aliphatic heterocycles. The highest BCUT2D eigenvalue weighted by Crippen LogP contribution is 2.19. The second-order valence-electron chi connectivity index (χ2n) is 3.23. The van der Waals surface area contributed by atoms with Crippen molar-refractivity contribution in [3.8, 4) is 11.3 Å². The number of aromatic nitrogens is 2. The minimum atomic E-state index is 0.760. The van der Waals surface area contributed by atoms with Crippen LogP contribution in [0.2, 0.25) is 0 Å². The molecule has 0 saturated heterocycles. The zero-order valence-electron chi connectivity index (χ0n) is 8.14.